The van der Waals surface area contributed by atoms with Crippen molar-refractivity contribution in [2.24, 2.45) is 0 Å². The molecule has 0 bridgehead atoms. The molecule has 1 amide bonds. The zero-order valence-electron chi connectivity index (χ0n) is 17.6. The van der Waals surface area contributed by atoms with Crippen molar-refractivity contribution in [1.82, 2.24) is 15.0 Å². The third-order valence-corrected chi connectivity index (χ3v) is 5.21. The SMILES string of the molecule is CC(C)c1cc(NC(=O)CN(Cc2ccccc2)C(C)CN2CCOCC2)on1. The number of amides is 1. The standard InChI is InChI=1S/C22H32N4O3/c1-17(2)20-13-22(29-24-20)23-21(27)16-26(15-19-7-5-4-6-8-19)18(3)14-25-9-11-28-12-10-25/h4-8,13,17-18H,9-12,14-16H2,1-3H3,(H,23,27). The van der Waals surface area contributed by atoms with Gasteiger partial charge in [-0.25, -0.2) is 0 Å². The van der Waals surface area contributed by atoms with Crippen LogP contribution in [0.4, 0.5) is 5.88 Å². The number of aromatic nitrogens is 1. The van der Waals surface area contributed by atoms with Crippen molar-refractivity contribution in [3.8, 4) is 0 Å². The van der Waals surface area contributed by atoms with Crippen LogP contribution in [0.25, 0.3) is 0 Å². The van der Waals surface area contributed by atoms with Crippen LogP contribution >= 0.6 is 0 Å². The number of nitrogens with zero attached hydrogens (tertiary/aromatic N) is 3. The molecule has 3 rings (SSSR count). The lowest BCUT2D eigenvalue weighted by atomic mass is 10.1. The molecule has 1 aliphatic heterocycles. The molecule has 1 aromatic carbocycles. The van der Waals surface area contributed by atoms with E-state index >= 15 is 0 Å². The van der Waals surface area contributed by atoms with E-state index in [2.05, 4.69) is 39.3 Å². The van der Waals surface area contributed by atoms with E-state index in [1.54, 1.807) is 6.07 Å². The zero-order chi connectivity index (χ0) is 20.6. The van der Waals surface area contributed by atoms with Crippen molar-refractivity contribution in [1.29, 1.82) is 0 Å². The molecule has 1 atom stereocenters. The normalized spacial score (nSPS) is 16.3. The summed E-state index contributed by atoms with van der Waals surface area (Å²) in [5.41, 5.74) is 2.03. The number of carbonyl (C=O) groups excluding carboxylic acids is 1. The third kappa shape index (κ3) is 6.66. The lowest BCUT2D eigenvalue weighted by Crippen LogP contribution is -2.47. The van der Waals surface area contributed by atoms with E-state index in [1.807, 2.05) is 32.0 Å². The lowest BCUT2D eigenvalue weighted by Gasteiger charge is -2.34. The maximum Gasteiger partial charge on any atom is 0.240 e. The van der Waals surface area contributed by atoms with Gasteiger partial charge in [0.1, 0.15) is 0 Å². The van der Waals surface area contributed by atoms with Crippen molar-refractivity contribution < 1.29 is 14.1 Å². The van der Waals surface area contributed by atoms with Crippen LogP contribution < -0.4 is 5.32 Å². The van der Waals surface area contributed by atoms with Gasteiger partial charge < -0.3 is 9.26 Å². The number of ether oxygens (including phenoxy) is 1. The molecule has 7 heteroatoms. The number of benzene rings is 1. The Kier molecular flexibility index (Phi) is 7.80. The van der Waals surface area contributed by atoms with Gasteiger partial charge in [0.05, 0.1) is 25.5 Å². The van der Waals surface area contributed by atoms with E-state index in [9.17, 15) is 4.79 Å². The van der Waals surface area contributed by atoms with Gasteiger partial charge in [-0.15, -0.1) is 0 Å². The largest absolute Gasteiger partial charge is 0.379 e. The van der Waals surface area contributed by atoms with E-state index in [4.69, 9.17) is 9.26 Å². The summed E-state index contributed by atoms with van der Waals surface area (Å²) in [7, 11) is 0. The minimum atomic E-state index is -0.0961. The lowest BCUT2D eigenvalue weighted by molar-refractivity contribution is -0.118. The van der Waals surface area contributed by atoms with Gasteiger partial charge in [-0.3, -0.25) is 19.9 Å². The second kappa shape index (κ2) is 10.5. The number of anilines is 1. The second-order valence-corrected chi connectivity index (χ2v) is 7.97. The molecule has 158 valence electrons. The Labute approximate surface area is 173 Å². The van der Waals surface area contributed by atoms with Crippen LogP contribution in [0.2, 0.25) is 0 Å². The Bertz CT molecular complexity index is 756. The summed E-state index contributed by atoms with van der Waals surface area (Å²) in [6.07, 6.45) is 0. The summed E-state index contributed by atoms with van der Waals surface area (Å²) < 4.78 is 10.7. The number of nitrogens with one attached hydrogen (secondary N) is 1. The van der Waals surface area contributed by atoms with Crippen molar-refractivity contribution in [3.63, 3.8) is 0 Å². The Morgan fingerprint density at radius 3 is 2.59 bits per heavy atom. The summed E-state index contributed by atoms with van der Waals surface area (Å²) in [6.45, 7) is 11.6. The predicted octanol–water partition coefficient (Wildman–Crippen LogP) is 2.96. The van der Waals surface area contributed by atoms with Crippen molar-refractivity contribution >= 4 is 11.8 Å². The molecular formula is C22H32N4O3. The minimum Gasteiger partial charge on any atom is -0.379 e. The van der Waals surface area contributed by atoms with Gasteiger partial charge in [0.2, 0.25) is 11.8 Å². The van der Waals surface area contributed by atoms with Gasteiger partial charge in [-0.1, -0.05) is 49.3 Å². The zero-order valence-corrected chi connectivity index (χ0v) is 17.6. The number of hydrogen-bond acceptors (Lipinski definition) is 6. The number of morpholine rings is 1. The summed E-state index contributed by atoms with van der Waals surface area (Å²) in [5.74, 6) is 0.563. The smallest absolute Gasteiger partial charge is 0.240 e. The average molecular weight is 401 g/mol. The summed E-state index contributed by atoms with van der Waals surface area (Å²) in [6, 6.07) is 12.3. The summed E-state index contributed by atoms with van der Waals surface area (Å²) in [4.78, 5) is 17.3. The maximum atomic E-state index is 12.7. The molecule has 0 radical (unpaired) electrons. The molecule has 1 aliphatic rings. The van der Waals surface area contributed by atoms with Crippen LogP contribution in [0, 0.1) is 0 Å². The summed E-state index contributed by atoms with van der Waals surface area (Å²) >= 11 is 0. The van der Waals surface area contributed by atoms with Crippen molar-refractivity contribution in [3.05, 3.63) is 47.7 Å². The Balaban J connectivity index is 1.63. The molecule has 2 aromatic rings. The van der Waals surface area contributed by atoms with Gasteiger partial charge in [-0.05, 0) is 18.4 Å². The molecule has 7 nitrogen and oxygen atoms in total. The van der Waals surface area contributed by atoms with E-state index in [-0.39, 0.29) is 24.4 Å². The highest BCUT2D eigenvalue weighted by Gasteiger charge is 2.22. The Morgan fingerprint density at radius 2 is 1.93 bits per heavy atom. The van der Waals surface area contributed by atoms with Gasteiger partial charge in [-0.2, -0.15) is 0 Å². The Morgan fingerprint density at radius 1 is 1.21 bits per heavy atom. The van der Waals surface area contributed by atoms with E-state index in [0.29, 0.717) is 12.4 Å². The fraction of sp³-hybridized carbons (Fsp3) is 0.545. The minimum absolute atomic E-state index is 0.0961. The molecule has 2 heterocycles. The first-order valence-electron chi connectivity index (χ1n) is 10.4. The quantitative estimate of drug-likeness (QED) is 0.698. The molecule has 1 N–H and O–H groups in total. The number of carbonyl (C=O) groups is 1. The highest BCUT2D eigenvalue weighted by Crippen LogP contribution is 2.18. The average Bonchev–Trinajstić information content (AvgIpc) is 3.18. The summed E-state index contributed by atoms with van der Waals surface area (Å²) in [5, 5.41) is 6.85. The predicted molar refractivity (Wildman–Crippen MR) is 113 cm³/mol. The number of rotatable bonds is 9. The molecule has 1 saturated heterocycles. The van der Waals surface area contributed by atoms with E-state index in [1.165, 1.54) is 5.56 Å². The molecule has 1 unspecified atom stereocenters. The molecule has 0 saturated carbocycles. The topological polar surface area (TPSA) is 70.8 Å². The van der Waals surface area contributed by atoms with Crippen LogP contribution in [0.5, 0.6) is 0 Å². The van der Waals surface area contributed by atoms with Gasteiger partial charge in [0.15, 0.2) is 0 Å². The first-order valence-corrected chi connectivity index (χ1v) is 10.4. The van der Waals surface area contributed by atoms with Crippen LogP contribution in [0.1, 0.15) is 37.9 Å². The monoisotopic (exact) mass is 400 g/mol. The van der Waals surface area contributed by atoms with Crippen molar-refractivity contribution in [2.45, 2.75) is 39.3 Å². The Hall–Kier alpha value is -2.22. The van der Waals surface area contributed by atoms with Crippen LogP contribution in [0.3, 0.4) is 0 Å². The first kappa shape index (κ1) is 21.5. The molecular weight excluding hydrogens is 368 g/mol. The van der Waals surface area contributed by atoms with Crippen LogP contribution in [-0.2, 0) is 16.1 Å². The van der Waals surface area contributed by atoms with Crippen LogP contribution in [-0.4, -0.2) is 66.3 Å². The fourth-order valence-electron chi connectivity index (χ4n) is 3.44. The highest BCUT2D eigenvalue weighted by molar-refractivity contribution is 5.91. The maximum absolute atomic E-state index is 12.7. The van der Waals surface area contributed by atoms with Crippen molar-refractivity contribution in [2.75, 3.05) is 44.7 Å². The van der Waals surface area contributed by atoms with E-state index < -0.39 is 0 Å². The second-order valence-electron chi connectivity index (χ2n) is 7.97. The van der Waals surface area contributed by atoms with E-state index in [0.717, 1.165) is 38.5 Å². The molecule has 0 aliphatic carbocycles. The van der Waals surface area contributed by atoms with Gasteiger partial charge >= 0.3 is 0 Å². The molecule has 1 aromatic heterocycles. The van der Waals surface area contributed by atoms with Gasteiger partial charge in [0.25, 0.3) is 0 Å². The molecule has 1 fully saturated rings. The molecule has 0 spiro atoms. The third-order valence-electron chi connectivity index (χ3n) is 5.21. The highest BCUT2D eigenvalue weighted by atomic mass is 16.5. The van der Waals surface area contributed by atoms with Gasteiger partial charge in [0, 0.05) is 38.3 Å². The van der Waals surface area contributed by atoms with Crippen LogP contribution in [0.15, 0.2) is 40.9 Å². The molecule has 29 heavy (non-hydrogen) atoms. The fourth-order valence-corrected chi connectivity index (χ4v) is 3.44. The first-order chi connectivity index (χ1) is 14.0. The number of hydrogen-bond donors (Lipinski definition) is 1.